The molecule has 3 rings (SSSR count). The Morgan fingerprint density at radius 1 is 1.11 bits per heavy atom. The molecule has 98 valence electrons. The molecule has 3 atom stereocenters. The fraction of sp³-hybridized carbons (Fsp3) is 0.647. The Kier molecular flexibility index (Phi) is 3.43. The summed E-state index contributed by atoms with van der Waals surface area (Å²) in [5.74, 6) is 3.04. The van der Waals surface area contributed by atoms with E-state index in [4.69, 9.17) is 0 Å². The van der Waals surface area contributed by atoms with Crippen LogP contribution < -0.4 is 5.32 Å². The average Bonchev–Trinajstić information content (AvgIpc) is 3.12. The van der Waals surface area contributed by atoms with E-state index in [1.807, 2.05) is 0 Å². The summed E-state index contributed by atoms with van der Waals surface area (Å²) >= 11 is 0. The number of hydrogen-bond acceptors (Lipinski definition) is 1. The molecule has 0 bridgehead atoms. The number of hydrogen-bond donors (Lipinski definition) is 1. The highest BCUT2D eigenvalue weighted by Crippen LogP contribution is 2.57. The van der Waals surface area contributed by atoms with Crippen LogP contribution in [0.2, 0.25) is 0 Å². The van der Waals surface area contributed by atoms with Gasteiger partial charge in [0.05, 0.1) is 0 Å². The lowest BCUT2D eigenvalue weighted by atomic mass is 9.99. The summed E-state index contributed by atoms with van der Waals surface area (Å²) in [5, 5.41) is 3.58. The van der Waals surface area contributed by atoms with E-state index in [1.165, 1.54) is 43.2 Å². The van der Waals surface area contributed by atoms with E-state index in [1.54, 1.807) is 0 Å². The van der Waals surface area contributed by atoms with Gasteiger partial charge in [-0.15, -0.1) is 0 Å². The van der Waals surface area contributed by atoms with E-state index < -0.39 is 0 Å². The average molecular weight is 243 g/mol. The lowest BCUT2D eigenvalue weighted by molar-refractivity contribution is 0.460. The molecule has 1 N–H and O–H groups in total. The fourth-order valence-corrected chi connectivity index (χ4v) is 4.05. The molecule has 1 nitrogen and oxygen atoms in total. The second kappa shape index (κ2) is 5.05. The maximum atomic E-state index is 3.58. The predicted molar refractivity (Wildman–Crippen MR) is 76.7 cm³/mol. The van der Waals surface area contributed by atoms with Crippen molar-refractivity contribution in [2.45, 2.75) is 45.1 Å². The van der Waals surface area contributed by atoms with Gasteiger partial charge in [0, 0.05) is 6.04 Å². The molecule has 0 amide bonds. The first-order chi connectivity index (χ1) is 8.79. The zero-order valence-corrected chi connectivity index (χ0v) is 11.7. The van der Waals surface area contributed by atoms with Gasteiger partial charge >= 0.3 is 0 Å². The van der Waals surface area contributed by atoms with Crippen molar-refractivity contribution in [3.8, 4) is 0 Å². The molecule has 1 aromatic rings. The molecule has 0 spiro atoms. The van der Waals surface area contributed by atoms with Gasteiger partial charge in [0.25, 0.3) is 0 Å². The van der Waals surface area contributed by atoms with Crippen LogP contribution >= 0.6 is 0 Å². The summed E-state index contributed by atoms with van der Waals surface area (Å²) in [6, 6.07) is 9.77. The molecule has 0 aliphatic heterocycles. The summed E-state index contributed by atoms with van der Waals surface area (Å²) in [6.07, 6.45) is 7.12. The van der Waals surface area contributed by atoms with E-state index >= 15 is 0 Å². The van der Waals surface area contributed by atoms with Crippen LogP contribution in [0.15, 0.2) is 24.3 Å². The third kappa shape index (κ3) is 2.33. The second-order valence-electron chi connectivity index (χ2n) is 6.27. The summed E-state index contributed by atoms with van der Waals surface area (Å²) in [7, 11) is 2.14. The van der Waals surface area contributed by atoms with Crippen molar-refractivity contribution in [2.24, 2.45) is 17.8 Å². The topological polar surface area (TPSA) is 12.0 Å². The number of likely N-dealkylation sites (N-methyl/N-ethyl adjacent to an activating group) is 1. The number of fused-ring (bicyclic) bond motifs is 1. The molecule has 2 saturated carbocycles. The first-order valence-electron chi connectivity index (χ1n) is 7.52. The molecular formula is C17H25N. The van der Waals surface area contributed by atoms with Crippen molar-refractivity contribution >= 4 is 0 Å². The van der Waals surface area contributed by atoms with Gasteiger partial charge in [-0.2, -0.15) is 0 Å². The normalized spacial score (nSPS) is 31.8. The highest BCUT2D eigenvalue weighted by atomic mass is 14.9. The SMILES string of the molecule is CNC(Cc1ccc(C)cc1)C1C2CCCCC21. The molecule has 3 unspecified atom stereocenters. The fourth-order valence-electron chi connectivity index (χ4n) is 4.05. The van der Waals surface area contributed by atoms with E-state index in [-0.39, 0.29) is 0 Å². The summed E-state index contributed by atoms with van der Waals surface area (Å²) in [4.78, 5) is 0. The molecule has 0 radical (unpaired) electrons. The van der Waals surface area contributed by atoms with Crippen LogP contribution in [0.5, 0.6) is 0 Å². The Morgan fingerprint density at radius 2 is 1.72 bits per heavy atom. The maximum Gasteiger partial charge on any atom is 0.0138 e. The smallest absolute Gasteiger partial charge is 0.0138 e. The van der Waals surface area contributed by atoms with Crippen LogP contribution in [0, 0.1) is 24.7 Å². The van der Waals surface area contributed by atoms with Crippen molar-refractivity contribution < 1.29 is 0 Å². The van der Waals surface area contributed by atoms with Crippen molar-refractivity contribution in [1.29, 1.82) is 0 Å². The van der Waals surface area contributed by atoms with Gasteiger partial charge < -0.3 is 5.32 Å². The third-order valence-corrected chi connectivity index (χ3v) is 5.13. The van der Waals surface area contributed by atoms with E-state index in [0.717, 1.165) is 17.8 Å². The predicted octanol–water partition coefficient (Wildman–Crippen LogP) is 3.56. The first-order valence-corrected chi connectivity index (χ1v) is 7.52. The second-order valence-corrected chi connectivity index (χ2v) is 6.27. The molecule has 0 aromatic heterocycles. The Labute approximate surface area is 111 Å². The first kappa shape index (κ1) is 12.2. The number of benzene rings is 1. The number of rotatable bonds is 4. The van der Waals surface area contributed by atoms with Crippen LogP contribution in [0.4, 0.5) is 0 Å². The molecule has 0 saturated heterocycles. The molecule has 2 aliphatic rings. The minimum absolute atomic E-state index is 0.695. The van der Waals surface area contributed by atoms with Gasteiger partial charge in [0.2, 0.25) is 0 Å². The van der Waals surface area contributed by atoms with Crippen LogP contribution in [0.3, 0.4) is 0 Å². The van der Waals surface area contributed by atoms with Gasteiger partial charge in [0.15, 0.2) is 0 Å². The molecule has 2 aliphatic carbocycles. The van der Waals surface area contributed by atoms with Crippen LogP contribution in [0.25, 0.3) is 0 Å². The Balaban J connectivity index is 1.65. The summed E-state index contributed by atoms with van der Waals surface area (Å²) in [6.45, 7) is 2.16. The van der Waals surface area contributed by atoms with E-state index in [0.29, 0.717) is 6.04 Å². The third-order valence-electron chi connectivity index (χ3n) is 5.13. The summed E-state index contributed by atoms with van der Waals surface area (Å²) in [5.41, 5.74) is 2.85. The van der Waals surface area contributed by atoms with E-state index in [2.05, 4.69) is 43.6 Å². The molecule has 1 aromatic carbocycles. The van der Waals surface area contributed by atoms with Gasteiger partial charge in [-0.25, -0.2) is 0 Å². The minimum Gasteiger partial charge on any atom is -0.316 e. The minimum atomic E-state index is 0.695. The van der Waals surface area contributed by atoms with Crippen LogP contribution in [0.1, 0.15) is 36.8 Å². The highest BCUT2D eigenvalue weighted by Gasteiger charge is 2.53. The van der Waals surface area contributed by atoms with Crippen molar-refractivity contribution in [1.82, 2.24) is 5.32 Å². The highest BCUT2D eigenvalue weighted by molar-refractivity contribution is 5.23. The Hall–Kier alpha value is -0.820. The van der Waals surface area contributed by atoms with Gasteiger partial charge in [-0.3, -0.25) is 0 Å². The standard InChI is InChI=1S/C17H25N/c1-12-7-9-13(10-8-12)11-16(18-2)17-14-5-3-4-6-15(14)17/h7-10,14-18H,3-6,11H2,1-2H3. The zero-order valence-electron chi connectivity index (χ0n) is 11.7. The molecule has 2 fully saturated rings. The van der Waals surface area contributed by atoms with Crippen molar-refractivity contribution in [3.05, 3.63) is 35.4 Å². The molecular weight excluding hydrogens is 218 g/mol. The van der Waals surface area contributed by atoms with Crippen LogP contribution in [-0.4, -0.2) is 13.1 Å². The molecule has 1 heteroatoms. The largest absolute Gasteiger partial charge is 0.316 e. The Morgan fingerprint density at radius 3 is 2.28 bits per heavy atom. The number of aryl methyl sites for hydroxylation is 1. The van der Waals surface area contributed by atoms with E-state index in [9.17, 15) is 0 Å². The Bertz CT molecular complexity index is 383. The quantitative estimate of drug-likeness (QED) is 0.852. The lowest BCUT2D eigenvalue weighted by Crippen LogP contribution is -2.31. The maximum absolute atomic E-state index is 3.58. The van der Waals surface area contributed by atoms with Gasteiger partial charge in [0.1, 0.15) is 0 Å². The van der Waals surface area contributed by atoms with Crippen LogP contribution in [-0.2, 0) is 6.42 Å². The summed E-state index contributed by atoms with van der Waals surface area (Å²) < 4.78 is 0. The lowest BCUT2D eigenvalue weighted by Gasteiger charge is -2.16. The van der Waals surface area contributed by atoms with Gasteiger partial charge in [-0.05, 0) is 56.6 Å². The van der Waals surface area contributed by atoms with Crippen molar-refractivity contribution in [2.75, 3.05) is 7.05 Å². The van der Waals surface area contributed by atoms with Crippen molar-refractivity contribution in [3.63, 3.8) is 0 Å². The zero-order chi connectivity index (χ0) is 12.5. The molecule has 18 heavy (non-hydrogen) atoms. The molecule has 0 heterocycles. The monoisotopic (exact) mass is 243 g/mol. The number of nitrogens with one attached hydrogen (secondary N) is 1. The van der Waals surface area contributed by atoms with Gasteiger partial charge in [-0.1, -0.05) is 42.7 Å².